The number of rotatable bonds is 6. The number of anilines is 2. The van der Waals surface area contributed by atoms with Gasteiger partial charge >= 0.3 is 0 Å². The van der Waals surface area contributed by atoms with Crippen molar-refractivity contribution in [1.29, 1.82) is 0 Å². The van der Waals surface area contributed by atoms with Crippen molar-refractivity contribution in [1.82, 2.24) is 0 Å². The fourth-order valence-corrected chi connectivity index (χ4v) is 3.30. The molecule has 1 aromatic heterocycles. The number of furan rings is 1. The van der Waals surface area contributed by atoms with Crippen LogP contribution in [0.15, 0.2) is 77.2 Å². The van der Waals surface area contributed by atoms with Gasteiger partial charge in [-0.2, -0.15) is 0 Å². The number of fused-ring (bicyclic) bond motifs is 1. The first kappa shape index (κ1) is 20.5. The minimum atomic E-state index is -0.506. The Morgan fingerprint density at radius 1 is 0.968 bits per heavy atom. The molecule has 0 aliphatic rings. The third-order valence-electron chi connectivity index (χ3n) is 4.51. The Labute approximate surface area is 183 Å². The van der Waals surface area contributed by atoms with Crippen molar-refractivity contribution in [2.45, 2.75) is 6.92 Å². The molecule has 156 valence electrons. The van der Waals surface area contributed by atoms with Crippen molar-refractivity contribution in [2.24, 2.45) is 0 Å². The van der Waals surface area contributed by atoms with Crippen molar-refractivity contribution in [3.8, 4) is 5.75 Å². The van der Waals surface area contributed by atoms with Crippen LogP contribution in [-0.2, 0) is 4.79 Å². The van der Waals surface area contributed by atoms with E-state index in [9.17, 15) is 9.59 Å². The summed E-state index contributed by atoms with van der Waals surface area (Å²) in [7, 11) is 0. The van der Waals surface area contributed by atoms with E-state index in [1.54, 1.807) is 54.6 Å². The minimum Gasteiger partial charge on any atom is -0.484 e. The summed E-state index contributed by atoms with van der Waals surface area (Å²) in [5.74, 6) is -0.338. The molecule has 2 N–H and O–H groups in total. The van der Waals surface area contributed by atoms with Crippen molar-refractivity contribution < 1.29 is 18.7 Å². The molecule has 0 aliphatic heterocycles. The van der Waals surface area contributed by atoms with Gasteiger partial charge in [0, 0.05) is 16.1 Å². The van der Waals surface area contributed by atoms with Crippen LogP contribution in [-0.4, -0.2) is 18.4 Å². The van der Waals surface area contributed by atoms with Crippen LogP contribution < -0.4 is 15.4 Å². The third-order valence-corrected chi connectivity index (χ3v) is 4.74. The average Bonchev–Trinajstić information content (AvgIpc) is 3.11. The van der Waals surface area contributed by atoms with E-state index in [0.717, 1.165) is 5.56 Å². The normalized spacial score (nSPS) is 10.6. The van der Waals surface area contributed by atoms with Gasteiger partial charge in [-0.05, 0) is 55.0 Å². The van der Waals surface area contributed by atoms with E-state index < -0.39 is 11.8 Å². The number of carbonyl (C=O) groups excluding carboxylic acids is 2. The van der Waals surface area contributed by atoms with Crippen molar-refractivity contribution in [3.63, 3.8) is 0 Å². The van der Waals surface area contributed by atoms with E-state index in [1.807, 2.05) is 25.1 Å². The zero-order chi connectivity index (χ0) is 21.8. The maximum atomic E-state index is 12.9. The molecule has 31 heavy (non-hydrogen) atoms. The molecule has 1 heterocycles. The first-order valence-corrected chi connectivity index (χ1v) is 9.95. The van der Waals surface area contributed by atoms with Gasteiger partial charge in [-0.15, -0.1) is 0 Å². The quantitative estimate of drug-likeness (QED) is 0.410. The number of ether oxygens (including phenoxy) is 1. The van der Waals surface area contributed by atoms with E-state index in [0.29, 0.717) is 27.4 Å². The molecule has 0 aliphatic carbocycles. The smallest absolute Gasteiger partial charge is 0.293 e. The molecule has 0 atom stereocenters. The molecule has 0 spiro atoms. The Balaban J connectivity index is 1.56. The molecular formula is C24H19ClN2O4. The number of amides is 2. The number of nitrogens with one attached hydrogen (secondary N) is 2. The maximum Gasteiger partial charge on any atom is 0.293 e. The van der Waals surface area contributed by atoms with Crippen LogP contribution in [0.3, 0.4) is 0 Å². The number of hydrogen-bond donors (Lipinski definition) is 2. The number of carbonyl (C=O) groups is 2. The fraction of sp³-hybridized carbons (Fsp3) is 0.0833. The molecule has 0 radical (unpaired) electrons. The molecule has 0 saturated carbocycles. The molecule has 0 bridgehead atoms. The summed E-state index contributed by atoms with van der Waals surface area (Å²) in [6.45, 7) is 1.73. The lowest BCUT2D eigenvalue weighted by Crippen LogP contribution is -2.22. The number of aryl methyl sites for hydroxylation is 1. The molecule has 0 unspecified atom stereocenters. The second-order valence-electron chi connectivity index (χ2n) is 6.92. The number of halogens is 1. The molecule has 4 aromatic rings. The van der Waals surface area contributed by atoms with Crippen LogP contribution in [0.5, 0.6) is 5.75 Å². The zero-order valence-corrected chi connectivity index (χ0v) is 17.4. The van der Waals surface area contributed by atoms with Crippen LogP contribution >= 0.6 is 11.6 Å². The summed E-state index contributed by atoms with van der Waals surface area (Å²) in [6.07, 6.45) is 0. The standard InChI is InChI=1S/C24H19ClN2O4/c1-15-6-4-9-18(12-15)30-14-21(28)27-22-19-10-2-3-11-20(19)31-23(22)24(29)26-17-8-5-7-16(25)13-17/h2-13H,14H2,1H3,(H,26,29)(H,27,28). The Hall–Kier alpha value is -3.77. The molecule has 2 amide bonds. The monoisotopic (exact) mass is 434 g/mol. The molecule has 4 rings (SSSR count). The van der Waals surface area contributed by atoms with E-state index in [1.165, 1.54) is 0 Å². The summed E-state index contributed by atoms with van der Waals surface area (Å²) < 4.78 is 11.3. The van der Waals surface area contributed by atoms with Gasteiger partial charge in [0.05, 0.1) is 0 Å². The van der Waals surface area contributed by atoms with Crippen LogP contribution in [0, 0.1) is 6.92 Å². The van der Waals surface area contributed by atoms with Gasteiger partial charge in [-0.1, -0.05) is 41.9 Å². The summed E-state index contributed by atoms with van der Waals surface area (Å²) >= 11 is 5.99. The lowest BCUT2D eigenvalue weighted by Gasteiger charge is -2.09. The van der Waals surface area contributed by atoms with Gasteiger partial charge in [0.2, 0.25) is 5.76 Å². The summed E-state index contributed by atoms with van der Waals surface area (Å²) in [5, 5.41) is 6.59. The fourth-order valence-electron chi connectivity index (χ4n) is 3.11. The lowest BCUT2D eigenvalue weighted by molar-refractivity contribution is -0.118. The first-order valence-electron chi connectivity index (χ1n) is 9.57. The highest BCUT2D eigenvalue weighted by molar-refractivity contribution is 6.31. The first-order chi connectivity index (χ1) is 15.0. The van der Waals surface area contributed by atoms with Crippen LogP contribution in [0.2, 0.25) is 5.02 Å². The van der Waals surface area contributed by atoms with Crippen molar-refractivity contribution in [2.75, 3.05) is 17.2 Å². The minimum absolute atomic E-state index is 0.00918. The van der Waals surface area contributed by atoms with Crippen molar-refractivity contribution in [3.05, 3.63) is 89.1 Å². The molecule has 0 saturated heterocycles. The van der Waals surface area contributed by atoms with E-state index in [4.69, 9.17) is 20.8 Å². The number of hydrogen-bond acceptors (Lipinski definition) is 4. The lowest BCUT2D eigenvalue weighted by atomic mass is 10.2. The van der Waals surface area contributed by atoms with Gasteiger partial charge in [0.25, 0.3) is 11.8 Å². The van der Waals surface area contributed by atoms with Gasteiger partial charge in [0.15, 0.2) is 6.61 Å². The van der Waals surface area contributed by atoms with Gasteiger partial charge in [0.1, 0.15) is 17.0 Å². The summed E-state index contributed by atoms with van der Waals surface area (Å²) in [4.78, 5) is 25.4. The zero-order valence-electron chi connectivity index (χ0n) is 16.6. The third kappa shape index (κ3) is 4.87. The largest absolute Gasteiger partial charge is 0.484 e. The molecule has 6 nitrogen and oxygen atoms in total. The molecule has 3 aromatic carbocycles. The van der Waals surface area contributed by atoms with Gasteiger partial charge in [-0.25, -0.2) is 0 Å². The van der Waals surface area contributed by atoms with E-state index in [2.05, 4.69) is 10.6 Å². The summed E-state index contributed by atoms with van der Waals surface area (Å²) in [6, 6.07) is 21.3. The van der Waals surface area contributed by atoms with Crippen LogP contribution in [0.25, 0.3) is 11.0 Å². The Bertz CT molecular complexity index is 1270. The van der Waals surface area contributed by atoms with E-state index in [-0.39, 0.29) is 18.1 Å². The predicted octanol–water partition coefficient (Wildman–Crippen LogP) is 5.66. The second-order valence-corrected chi connectivity index (χ2v) is 7.36. The highest BCUT2D eigenvalue weighted by Crippen LogP contribution is 2.31. The van der Waals surface area contributed by atoms with Gasteiger partial charge in [-0.3, -0.25) is 9.59 Å². The Morgan fingerprint density at radius 2 is 1.77 bits per heavy atom. The average molecular weight is 435 g/mol. The van der Waals surface area contributed by atoms with E-state index >= 15 is 0 Å². The Morgan fingerprint density at radius 3 is 2.58 bits per heavy atom. The highest BCUT2D eigenvalue weighted by Gasteiger charge is 2.22. The Kier molecular flexibility index (Phi) is 5.91. The van der Waals surface area contributed by atoms with Gasteiger partial charge < -0.3 is 19.8 Å². The van der Waals surface area contributed by atoms with Crippen LogP contribution in [0.1, 0.15) is 16.1 Å². The number of para-hydroxylation sites is 1. The number of benzene rings is 3. The molecular weight excluding hydrogens is 416 g/mol. The highest BCUT2D eigenvalue weighted by atomic mass is 35.5. The van der Waals surface area contributed by atoms with Crippen molar-refractivity contribution >= 4 is 45.8 Å². The summed E-state index contributed by atoms with van der Waals surface area (Å²) in [5.41, 5.74) is 2.30. The van der Waals surface area contributed by atoms with Crippen LogP contribution in [0.4, 0.5) is 11.4 Å². The predicted molar refractivity (Wildman–Crippen MR) is 121 cm³/mol. The topological polar surface area (TPSA) is 80.6 Å². The maximum absolute atomic E-state index is 12.9. The molecule has 7 heteroatoms. The second kappa shape index (κ2) is 8.93. The molecule has 0 fully saturated rings. The SMILES string of the molecule is Cc1cccc(OCC(=O)Nc2c(C(=O)Nc3cccc(Cl)c3)oc3ccccc23)c1.